The fourth-order valence-corrected chi connectivity index (χ4v) is 3.47. The van der Waals surface area contributed by atoms with E-state index in [-0.39, 0.29) is 24.6 Å². The van der Waals surface area contributed by atoms with Crippen LogP contribution in [0, 0.1) is 6.92 Å². The third kappa shape index (κ3) is 6.14. The van der Waals surface area contributed by atoms with Crippen molar-refractivity contribution in [2.75, 3.05) is 6.61 Å². The molecule has 0 fully saturated rings. The van der Waals surface area contributed by atoms with E-state index in [1.807, 2.05) is 0 Å². The zero-order valence-electron chi connectivity index (χ0n) is 16.3. The van der Waals surface area contributed by atoms with Crippen LogP contribution in [0.2, 0.25) is 0 Å². The van der Waals surface area contributed by atoms with Gasteiger partial charge < -0.3 is 15.7 Å². The maximum Gasteiger partial charge on any atom is 0.416 e. The molecule has 0 aliphatic rings. The summed E-state index contributed by atoms with van der Waals surface area (Å²) in [6, 6.07) is 4.77. The molecule has 0 spiro atoms. The van der Waals surface area contributed by atoms with E-state index in [0.717, 1.165) is 17.0 Å². The van der Waals surface area contributed by atoms with Crippen LogP contribution in [0.3, 0.4) is 0 Å². The lowest BCUT2D eigenvalue weighted by Gasteiger charge is -2.06. The Hall–Kier alpha value is -2.72. The number of alkyl halides is 3. The molecule has 1 aromatic carbocycles. The number of halogens is 4. The standard InChI is InChI=1S/C20H21F4N3O2S/c1-3-4-15(18(25)27-28)16(21)9-10-29-11-17-12(2)26-19(30-17)13-5-7-14(8-6-13)20(22,23)24/h4-9,28H,3,10-11H2,1-2H3,(H2,25,27)/b15-4+,16-9+. The summed E-state index contributed by atoms with van der Waals surface area (Å²) in [4.78, 5) is 5.15. The lowest BCUT2D eigenvalue weighted by Crippen LogP contribution is -2.15. The van der Waals surface area contributed by atoms with Gasteiger partial charge in [0.05, 0.1) is 34.9 Å². The van der Waals surface area contributed by atoms with E-state index in [9.17, 15) is 17.6 Å². The number of thiazole rings is 1. The van der Waals surface area contributed by atoms with Crippen LogP contribution in [0.5, 0.6) is 0 Å². The molecule has 1 aromatic heterocycles. The van der Waals surface area contributed by atoms with E-state index >= 15 is 0 Å². The van der Waals surface area contributed by atoms with Gasteiger partial charge in [-0.2, -0.15) is 13.2 Å². The summed E-state index contributed by atoms with van der Waals surface area (Å²) in [6.45, 7) is 3.65. The van der Waals surface area contributed by atoms with Gasteiger partial charge in [-0.1, -0.05) is 30.3 Å². The van der Waals surface area contributed by atoms with Gasteiger partial charge in [-0.25, -0.2) is 9.37 Å². The molecule has 0 aliphatic heterocycles. The summed E-state index contributed by atoms with van der Waals surface area (Å²) >= 11 is 1.29. The van der Waals surface area contributed by atoms with Crippen molar-refractivity contribution in [2.24, 2.45) is 10.9 Å². The van der Waals surface area contributed by atoms with E-state index in [0.29, 0.717) is 22.7 Å². The van der Waals surface area contributed by atoms with E-state index < -0.39 is 17.6 Å². The second kappa shape index (κ2) is 10.4. The van der Waals surface area contributed by atoms with Gasteiger partial charge in [-0.15, -0.1) is 11.3 Å². The summed E-state index contributed by atoms with van der Waals surface area (Å²) in [5.41, 5.74) is 5.97. The number of hydrogen-bond acceptors (Lipinski definition) is 5. The molecule has 2 aromatic rings. The highest BCUT2D eigenvalue weighted by atomic mass is 32.1. The molecular weight excluding hydrogens is 422 g/mol. The number of hydrogen-bond donors (Lipinski definition) is 2. The molecule has 10 heteroatoms. The number of allylic oxidation sites excluding steroid dienone is 1. The van der Waals surface area contributed by atoms with Gasteiger partial charge in [-0.3, -0.25) is 0 Å². The molecule has 0 atom stereocenters. The lowest BCUT2D eigenvalue weighted by molar-refractivity contribution is -0.137. The number of oxime groups is 1. The van der Waals surface area contributed by atoms with Crippen molar-refractivity contribution in [2.45, 2.75) is 33.1 Å². The first kappa shape index (κ1) is 23.6. The largest absolute Gasteiger partial charge is 0.416 e. The smallest absolute Gasteiger partial charge is 0.409 e. The number of benzene rings is 1. The maximum absolute atomic E-state index is 14.2. The Morgan fingerprint density at radius 3 is 2.50 bits per heavy atom. The average molecular weight is 443 g/mol. The van der Waals surface area contributed by atoms with Crippen LogP contribution in [0.4, 0.5) is 17.6 Å². The van der Waals surface area contributed by atoms with E-state index in [1.54, 1.807) is 13.8 Å². The van der Waals surface area contributed by atoms with Crippen molar-refractivity contribution >= 4 is 17.2 Å². The molecule has 0 unspecified atom stereocenters. The van der Waals surface area contributed by atoms with E-state index in [4.69, 9.17) is 15.7 Å². The van der Waals surface area contributed by atoms with Crippen molar-refractivity contribution in [1.82, 2.24) is 4.98 Å². The van der Waals surface area contributed by atoms with Gasteiger partial charge in [0.25, 0.3) is 0 Å². The van der Waals surface area contributed by atoms with Crippen molar-refractivity contribution < 1.29 is 27.5 Å². The first-order valence-corrected chi connectivity index (χ1v) is 9.74. The highest BCUT2D eigenvalue weighted by Gasteiger charge is 2.30. The first-order chi connectivity index (χ1) is 14.2. The van der Waals surface area contributed by atoms with E-state index in [2.05, 4.69) is 10.1 Å². The monoisotopic (exact) mass is 443 g/mol. The molecule has 0 saturated heterocycles. The second-order valence-corrected chi connectivity index (χ2v) is 7.26. The number of aromatic nitrogens is 1. The minimum atomic E-state index is -4.39. The summed E-state index contributed by atoms with van der Waals surface area (Å²) in [5.74, 6) is -0.997. The third-order valence-electron chi connectivity index (χ3n) is 4.01. The molecule has 3 N–H and O–H groups in total. The third-order valence-corrected chi connectivity index (χ3v) is 5.19. The van der Waals surface area contributed by atoms with E-state index in [1.165, 1.54) is 35.6 Å². The van der Waals surface area contributed by atoms with Crippen molar-refractivity contribution in [3.8, 4) is 10.6 Å². The highest BCUT2D eigenvalue weighted by Crippen LogP contribution is 2.33. The quantitative estimate of drug-likeness (QED) is 0.106. The summed E-state index contributed by atoms with van der Waals surface area (Å²) in [5, 5.41) is 12.1. The van der Waals surface area contributed by atoms with Gasteiger partial charge in [0.2, 0.25) is 0 Å². The van der Waals surface area contributed by atoms with Gasteiger partial charge in [0.1, 0.15) is 10.8 Å². The Labute approximate surface area is 175 Å². The fraction of sp³-hybridized carbons (Fsp3) is 0.300. The fourth-order valence-electron chi connectivity index (χ4n) is 2.46. The number of amidine groups is 1. The summed E-state index contributed by atoms with van der Waals surface area (Å²) in [6.07, 6.45) is -1.23. The zero-order chi connectivity index (χ0) is 22.3. The Kier molecular flexibility index (Phi) is 8.13. The summed E-state index contributed by atoms with van der Waals surface area (Å²) < 4.78 is 57.7. The maximum atomic E-state index is 14.2. The van der Waals surface area contributed by atoms with Gasteiger partial charge in [0.15, 0.2) is 5.84 Å². The molecule has 0 bridgehead atoms. The van der Waals surface area contributed by atoms with Crippen LogP contribution >= 0.6 is 11.3 Å². The van der Waals surface area contributed by atoms with Crippen LogP contribution in [-0.2, 0) is 17.5 Å². The van der Waals surface area contributed by atoms with Crippen LogP contribution in [0.25, 0.3) is 10.6 Å². The number of rotatable bonds is 8. The van der Waals surface area contributed by atoms with Crippen molar-refractivity contribution in [1.29, 1.82) is 0 Å². The number of aryl methyl sites for hydroxylation is 1. The number of ether oxygens (including phenoxy) is 1. The Morgan fingerprint density at radius 2 is 1.93 bits per heavy atom. The first-order valence-electron chi connectivity index (χ1n) is 8.93. The molecule has 2 rings (SSSR count). The second-order valence-electron chi connectivity index (χ2n) is 6.18. The molecule has 162 valence electrons. The average Bonchev–Trinajstić information content (AvgIpc) is 3.08. The molecular formula is C20H21F4N3O2S. The summed E-state index contributed by atoms with van der Waals surface area (Å²) in [7, 11) is 0. The molecule has 30 heavy (non-hydrogen) atoms. The van der Waals surface area contributed by atoms with Gasteiger partial charge in [0, 0.05) is 5.56 Å². The number of nitrogens with two attached hydrogens (primary N) is 1. The van der Waals surface area contributed by atoms with Gasteiger partial charge in [-0.05, 0) is 31.6 Å². The molecule has 0 aliphatic carbocycles. The predicted molar refractivity (Wildman–Crippen MR) is 108 cm³/mol. The van der Waals surface area contributed by atoms with Crippen LogP contribution in [0.1, 0.15) is 29.5 Å². The lowest BCUT2D eigenvalue weighted by atomic mass is 10.1. The molecule has 1 heterocycles. The predicted octanol–water partition coefficient (Wildman–Crippen LogP) is 5.59. The Balaban J connectivity index is 2.02. The Bertz CT molecular complexity index is 948. The van der Waals surface area contributed by atoms with Crippen LogP contribution in [0.15, 0.2) is 53.0 Å². The highest BCUT2D eigenvalue weighted by molar-refractivity contribution is 7.15. The molecule has 0 radical (unpaired) electrons. The Morgan fingerprint density at radius 1 is 1.27 bits per heavy atom. The topological polar surface area (TPSA) is 80.7 Å². The molecule has 0 saturated carbocycles. The van der Waals surface area contributed by atoms with Crippen molar-refractivity contribution in [3.05, 3.63) is 64.0 Å². The minimum Gasteiger partial charge on any atom is -0.409 e. The van der Waals surface area contributed by atoms with Crippen LogP contribution in [-0.4, -0.2) is 22.6 Å². The zero-order valence-corrected chi connectivity index (χ0v) is 17.1. The molecule has 5 nitrogen and oxygen atoms in total. The molecule has 0 amide bonds. The van der Waals surface area contributed by atoms with Crippen molar-refractivity contribution in [3.63, 3.8) is 0 Å². The number of nitrogens with zero attached hydrogens (tertiary/aromatic N) is 2. The SMILES string of the molecule is CC/C=C(C(N)=NO)\C(F)=C/COCc1sc(-c2ccc(C(F)(F)F)cc2)nc1C. The van der Waals surface area contributed by atoms with Gasteiger partial charge >= 0.3 is 6.18 Å². The minimum absolute atomic E-state index is 0.0119. The van der Waals surface area contributed by atoms with Crippen LogP contribution < -0.4 is 5.73 Å². The normalized spacial score (nSPS) is 13.7.